The standard InChI is InChI=1S/C17H17ClO2/c1-20-16-7-6-13(10-15(16)18)17(19)14-8-11-4-2-3-5-12(11)9-14/h2-7,10,14,17,19H,8-9H2,1H3. The highest BCUT2D eigenvalue weighted by Gasteiger charge is 2.28. The molecule has 0 heterocycles. The zero-order valence-corrected chi connectivity index (χ0v) is 12.1. The lowest BCUT2D eigenvalue weighted by atomic mass is 9.93. The van der Waals surface area contributed by atoms with Gasteiger partial charge in [0.25, 0.3) is 0 Å². The first-order chi connectivity index (χ1) is 9.69. The van der Waals surface area contributed by atoms with Gasteiger partial charge in [-0.15, -0.1) is 0 Å². The molecule has 104 valence electrons. The summed E-state index contributed by atoms with van der Waals surface area (Å²) in [4.78, 5) is 0. The fourth-order valence-electron chi connectivity index (χ4n) is 2.95. The SMILES string of the molecule is COc1ccc(C(O)C2Cc3ccccc3C2)cc1Cl. The van der Waals surface area contributed by atoms with Gasteiger partial charge in [0.15, 0.2) is 0 Å². The molecule has 20 heavy (non-hydrogen) atoms. The first kappa shape index (κ1) is 13.5. The monoisotopic (exact) mass is 288 g/mol. The van der Waals surface area contributed by atoms with Crippen molar-refractivity contribution in [3.8, 4) is 5.75 Å². The maximum Gasteiger partial charge on any atom is 0.137 e. The van der Waals surface area contributed by atoms with Gasteiger partial charge in [-0.1, -0.05) is 41.9 Å². The number of ether oxygens (including phenoxy) is 1. The van der Waals surface area contributed by atoms with Crippen LogP contribution in [0.1, 0.15) is 22.8 Å². The van der Waals surface area contributed by atoms with Crippen molar-refractivity contribution in [3.63, 3.8) is 0 Å². The number of hydrogen-bond donors (Lipinski definition) is 1. The first-order valence-corrected chi connectivity index (χ1v) is 7.15. The highest BCUT2D eigenvalue weighted by Crippen LogP contribution is 2.37. The normalized spacial score (nSPS) is 15.9. The lowest BCUT2D eigenvalue weighted by molar-refractivity contribution is 0.113. The molecule has 3 rings (SSSR count). The molecule has 2 nitrogen and oxygen atoms in total. The summed E-state index contributed by atoms with van der Waals surface area (Å²) in [7, 11) is 1.59. The quantitative estimate of drug-likeness (QED) is 0.931. The van der Waals surface area contributed by atoms with Crippen LogP contribution in [0, 0.1) is 5.92 Å². The van der Waals surface area contributed by atoms with Crippen molar-refractivity contribution < 1.29 is 9.84 Å². The summed E-state index contributed by atoms with van der Waals surface area (Å²) in [6.07, 6.45) is 1.34. The number of fused-ring (bicyclic) bond motifs is 1. The van der Waals surface area contributed by atoms with Crippen molar-refractivity contribution in [1.82, 2.24) is 0 Å². The summed E-state index contributed by atoms with van der Waals surface area (Å²) < 4.78 is 5.14. The molecular formula is C17H17ClO2. The summed E-state index contributed by atoms with van der Waals surface area (Å²) in [6, 6.07) is 13.9. The van der Waals surface area contributed by atoms with Gasteiger partial charge in [-0.25, -0.2) is 0 Å². The van der Waals surface area contributed by atoms with Crippen molar-refractivity contribution in [3.05, 3.63) is 64.2 Å². The Morgan fingerprint density at radius 1 is 1.15 bits per heavy atom. The van der Waals surface area contributed by atoms with Gasteiger partial charge in [0.1, 0.15) is 5.75 Å². The topological polar surface area (TPSA) is 29.5 Å². The predicted octanol–water partition coefficient (Wildman–Crippen LogP) is 3.80. The van der Waals surface area contributed by atoms with Crippen molar-refractivity contribution in [2.75, 3.05) is 7.11 Å². The minimum Gasteiger partial charge on any atom is -0.495 e. The molecule has 2 aromatic rings. The number of benzene rings is 2. The number of aliphatic hydroxyl groups is 1. The van der Waals surface area contributed by atoms with Crippen LogP contribution in [0.15, 0.2) is 42.5 Å². The molecule has 1 N–H and O–H groups in total. The molecule has 2 aromatic carbocycles. The van der Waals surface area contributed by atoms with Gasteiger partial charge in [-0.2, -0.15) is 0 Å². The van der Waals surface area contributed by atoms with Crippen LogP contribution >= 0.6 is 11.6 Å². The highest BCUT2D eigenvalue weighted by molar-refractivity contribution is 6.32. The molecular weight excluding hydrogens is 272 g/mol. The second-order valence-electron chi connectivity index (χ2n) is 5.28. The van der Waals surface area contributed by atoms with Crippen LogP contribution in [0.25, 0.3) is 0 Å². The van der Waals surface area contributed by atoms with E-state index in [-0.39, 0.29) is 5.92 Å². The minimum absolute atomic E-state index is 0.219. The average Bonchev–Trinajstić information content (AvgIpc) is 2.90. The van der Waals surface area contributed by atoms with Gasteiger partial charge in [-0.3, -0.25) is 0 Å². The van der Waals surface area contributed by atoms with E-state index in [2.05, 4.69) is 24.3 Å². The van der Waals surface area contributed by atoms with Gasteiger partial charge < -0.3 is 9.84 Å². The third-order valence-electron chi connectivity index (χ3n) is 4.05. The Bertz CT molecular complexity index is 599. The molecule has 0 aromatic heterocycles. The molecule has 0 spiro atoms. The third kappa shape index (κ3) is 2.41. The number of hydrogen-bond acceptors (Lipinski definition) is 2. The van der Waals surface area contributed by atoms with E-state index in [0.717, 1.165) is 18.4 Å². The molecule has 1 aliphatic carbocycles. The van der Waals surface area contributed by atoms with E-state index < -0.39 is 6.10 Å². The second kappa shape index (κ2) is 5.47. The van der Waals surface area contributed by atoms with E-state index in [1.807, 2.05) is 12.1 Å². The number of halogens is 1. The summed E-state index contributed by atoms with van der Waals surface area (Å²) in [5, 5.41) is 11.1. The summed E-state index contributed by atoms with van der Waals surface area (Å²) in [6.45, 7) is 0. The molecule has 0 saturated carbocycles. The summed E-state index contributed by atoms with van der Waals surface area (Å²) >= 11 is 6.13. The van der Waals surface area contributed by atoms with Crippen molar-refractivity contribution in [2.24, 2.45) is 5.92 Å². The van der Waals surface area contributed by atoms with E-state index in [1.165, 1.54) is 11.1 Å². The third-order valence-corrected chi connectivity index (χ3v) is 4.34. The largest absolute Gasteiger partial charge is 0.495 e. The molecule has 1 aliphatic rings. The van der Waals surface area contributed by atoms with Gasteiger partial charge in [0.2, 0.25) is 0 Å². The average molecular weight is 289 g/mol. The van der Waals surface area contributed by atoms with Crippen LogP contribution in [-0.2, 0) is 12.8 Å². The lowest BCUT2D eigenvalue weighted by Crippen LogP contribution is -2.12. The fraction of sp³-hybridized carbons (Fsp3) is 0.294. The minimum atomic E-state index is -0.495. The van der Waals surface area contributed by atoms with Crippen LogP contribution < -0.4 is 4.74 Å². The Morgan fingerprint density at radius 3 is 2.35 bits per heavy atom. The molecule has 1 unspecified atom stereocenters. The van der Waals surface area contributed by atoms with E-state index in [9.17, 15) is 5.11 Å². The lowest BCUT2D eigenvalue weighted by Gasteiger charge is -2.19. The molecule has 0 amide bonds. The Balaban J connectivity index is 1.81. The zero-order chi connectivity index (χ0) is 14.1. The van der Waals surface area contributed by atoms with E-state index in [1.54, 1.807) is 13.2 Å². The van der Waals surface area contributed by atoms with Crippen molar-refractivity contribution in [1.29, 1.82) is 0 Å². The molecule has 1 atom stereocenters. The number of aliphatic hydroxyl groups excluding tert-OH is 1. The van der Waals surface area contributed by atoms with Gasteiger partial charge in [0.05, 0.1) is 18.2 Å². The Labute approximate surface area is 124 Å². The van der Waals surface area contributed by atoms with Gasteiger partial charge >= 0.3 is 0 Å². The van der Waals surface area contributed by atoms with E-state index in [4.69, 9.17) is 16.3 Å². The zero-order valence-electron chi connectivity index (χ0n) is 11.3. The summed E-state index contributed by atoms with van der Waals surface area (Å²) in [5.74, 6) is 0.856. The van der Waals surface area contributed by atoms with Crippen LogP contribution in [0.3, 0.4) is 0 Å². The second-order valence-corrected chi connectivity index (χ2v) is 5.68. The number of rotatable bonds is 3. The Morgan fingerprint density at radius 2 is 1.80 bits per heavy atom. The number of methoxy groups -OCH3 is 1. The summed E-state index contributed by atoms with van der Waals surface area (Å²) in [5.41, 5.74) is 3.54. The van der Waals surface area contributed by atoms with Crippen molar-refractivity contribution in [2.45, 2.75) is 18.9 Å². The molecule has 3 heteroatoms. The molecule has 0 aliphatic heterocycles. The van der Waals surface area contributed by atoms with Crippen LogP contribution in [-0.4, -0.2) is 12.2 Å². The highest BCUT2D eigenvalue weighted by atomic mass is 35.5. The maximum absolute atomic E-state index is 10.6. The van der Waals surface area contributed by atoms with Crippen molar-refractivity contribution >= 4 is 11.6 Å². The van der Waals surface area contributed by atoms with Crippen LogP contribution in [0.4, 0.5) is 0 Å². The molecule has 0 saturated heterocycles. The van der Waals surface area contributed by atoms with E-state index >= 15 is 0 Å². The Kier molecular flexibility index (Phi) is 3.68. The van der Waals surface area contributed by atoms with E-state index in [0.29, 0.717) is 10.8 Å². The van der Waals surface area contributed by atoms with Gasteiger partial charge in [-0.05, 0) is 47.6 Å². The predicted molar refractivity (Wildman–Crippen MR) is 80.3 cm³/mol. The maximum atomic E-state index is 10.6. The Hall–Kier alpha value is -1.51. The van der Waals surface area contributed by atoms with Crippen LogP contribution in [0.5, 0.6) is 5.75 Å². The molecule has 0 fully saturated rings. The van der Waals surface area contributed by atoms with Gasteiger partial charge in [0, 0.05) is 0 Å². The molecule has 0 radical (unpaired) electrons. The first-order valence-electron chi connectivity index (χ1n) is 6.77. The van der Waals surface area contributed by atoms with Crippen LogP contribution in [0.2, 0.25) is 5.02 Å². The fourth-order valence-corrected chi connectivity index (χ4v) is 3.22. The molecule has 0 bridgehead atoms. The smallest absolute Gasteiger partial charge is 0.137 e.